The minimum absolute atomic E-state index is 0.0314. The summed E-state index contributed by atoms with van der Waals surface area (Å²) < 4.78 is 6.24. The summed E-state index contributed by atoms with van der Waals surface area (Å²) in [5, 5.41) is 5.09. The van der Waals surface area contributed by atoms with E-state index in [1.807, 2.05) is 6.92 Å². The molecule has 1 aromatic heterocycles. The molecule has 0 unspecified atom stereocenters. The Morgan fingerprint density at radius 2 is 2.04 bits per heavy atom. The minimum atomic E-state index is -0.768. The monoisotopic (exact) mass is 380 g/mol. The summed E-state index contributed by atoms with van der Waals surface area (Å²) in [4.78, 5) is 52.4. The van der Waals surface area contributed by atoms with Crippen LogP contribution in [0.5, 0.6) is 0 Å². The zero-order chi connectivity index (χ0) is 20.1. The number of hydrogen-bond donors (Lipinski definition) is 2. The predicted octanol–water partition coefficient (Wildman–Crippen LogP) is -0.884. The maximum Gasteiger partial charge on any atom is 0.330 e. The Kier molecular flexibility index (Phi) is 6.50. The van der Waals surface area contributed by atoms with Crippen molar-refractivity contribution >= 4 is 29.0 Å². The zero-order valence-electron chi connectivity index (χ0n) is 15.7. The Morgan fingerprint density at radius 1 is 1.33 bits per heavy atom. The highest BCUT2D eigenvalue weighted by atomic mass is 16.5. The van der Waals surface area contributed by atoms with Gasteiger partial charge in [-0.1, -0.05) is 6.92 Å². The number of nitrogens with two attached hydrogens (primary N) is 1. The van der Waals surface area contributed by atoms with Gasteiger partial charge in [-0.05, 0) is 6.42 Å². The van der Waals surface area contributed by atoms with Crippen molar-refractivity contribution in [1.82, 2.24) is 14.6 Å². The first kappa shape index (κ1) is 20.4. The topological polar surface area (TPSA) is 143 Å². The Balaban J connectivity index is 2.54. The van der Waals surface area contributed by atoms with Crippen molar-refractivity contribution in [2.24, 2.45) is 5.10 Å². The third-order valence-corrected chi connectivity index (χ3v) is 4.15. The molecule has 2 amide bonds. The molecule has 27 heavy (non-hydrogen) atoms. The van der Waals surface area contributed by atoms with Gasteiger partial charge in [-0.2, -0.15) is 5.10 Å². The number of ether oxygens (including phenoxy) is 1. The fourth-order valence-corrected chi connectivity index (χ4v) is 2.76. The molecule has 0 radical (unpaired) electrons. The maximum atomic E-state index is 13.0. The molecular weight excluding hydrogens is 356 g/mol. The number of aromatic nitrogens is 2. The van der Waals surface area contributed by atoms with Crippen molar-refractivity contribution in [3.63, 3.8) is 0 Å². The van der Waals surface area contributed by atoms with E-state index in [4.69, 9.17) is 10.5 Å². The molecule has 1 aromatic rings. The quantitative estimate of drug-likeness (QED) is 0.628. The Bertz CT molecular complexity index is 871. The molecule has 0 aliphatic carbocycles. The lowest BCUT2D eigenvalue weighted by atomic mass is 10.1. The average Bonchev–Trinajstić information content (AvgIpc) is 2.63. The Morgan fingerprint density at radius 3 is 2.63 bits per heavy atom. The van der Waals surface area contributed by atoms with Crippen molar-refractivity contribution in [2.75, 3.05) is 37.9 Å². The van der Waals surface area contributed by atoms with E-state index in [2.05, 4.69) is 10.1 Å². The Labute approximate surface area is 155 Å². The van der Waals surface area contributed by atoms with Gasteiger partial charge in [0.2, 0.25) is 5.91 Å². The molecule has 0 saturated heterocycles. The number of rotatable bonds is 7. The number of H-pyrrole nitrogens is 1. The summed E-state index contributed by atoms with van der Waals surface area (Å²) in [6, 6.07) is 0. The van der Waals surface area contributed by atoms with E-state index in [1.165, 1.54) is 18.7 Å². The first-order valence-electron chi connectivity index (χ1n) is 8.59. The molecule has 0 fully saturated rings. The molecule has 1 aliphatic heterocycles. The van der Waals surface area contributed by atoms with Gasteiger partial charge in [0, 0.05) is 40.1 Å². The first-order chi connectivity index (χ1) is 12.8. The van der Waals surface area contributed by atoms with E-state index in [0.717, 1.165) is 9.91 Å². The number of nitrogens with one attached hydrogen (secondary N) is 1. The third-order valence-electron chi connectivity index (χ3n) is 4.15. The van der Waals surface area contributed by atoms with Gasteiger partial charge < -0.3 is 10.5 Å². The van der Waals surface area contributed by atoms with E-state index in [0.29, 0.717) is 13.0 Å². The maximum absolute atomic E-state index is 13.0. The van der Waals surface area contributed by atoms with E-state index in [9.17, 15) is 19.2 Å². The summed E-state index contributed by atoms with van der Waals surface area (Å²) >= 11 is 0. The molecule has 0 bridgehead atoms. The van der Waals surface area contributed by atoms with Crippen LogP contribution in [0.4, 0.5) is 11.5 Å². The van der Waals surface area contributed by atoms with Crippen molar-refractivity contribution < 1.29 is 14.3 Å². The summed E-state index contributed by atoms with van der Waals surface area (Å²) in [5.74, 6) is -0.870. The predicted molar refractivity (Wildman–Crippen MR) is 99.7 cm³/mol. The molecule has 2 rings (SSSR count). The molecule has 11 nitrogen and oxygen atoms in total. The van der Waals surface area contributed by atoms with Crippen LogP contribution in [-0.4, -0.2) is 59.4 Å². The molecule has 0 saturated carbocycles. The first-order valence-corrected chi connectivity index (χ1v) is 8.59. The second kappa shape index (κ2) is 8.62. The van der Waals surface area contributed by atoms with Gasteiger partial charge in [-0.25, -0.2) is 9.80 Å². The molecule has 3 N–H and O–H groups in total. The summed E-state index contributed by atoms with van der Waals surface area (Å²) in [5.41, 5.74) is 4.65. The lowest BCUT2D eigenvalue weighted by Gasteiger charge is -2.26. The number of hydrogen-bond acceptors (Lipinski definition) is 7. The third kappa shape index (κ3) is 4.25. The standard InChI is InChI=1S/C16H24N6O5/c1-4-7-22-13(17)12(14(24)18-16(22)26)21(8-9-27-3)15(25)10-5-6-11(23)20(2)19-10/h4-9,17H2,1-3H3,(H,18,24,26). The van der Waals surface area contributed by atoms with Crippen molar-refractivity contribution in [3.05, 3.63) is 20.8 Å². The molecule has 0 aromatic carbocycles. The van der Waals surface area contributed by atoms with Crippen LogP contribution in [0.25, 0.3) is 0 Å². The summed E-state index contributed by atoms with van der Waals surface area (Å²) in [6.45, 7) is 2.32. The highest BCUT2D eigenvalue weighted by Gasteiger charge is 2.30. The van der Waals surface area contributed by atoms with Crippen molar-refractivity contribution in [2.45, 2.75) is 32.7 Å². The second-order valence-electron chi connectivity index (χ2n) is 6.06. The number of nitrogen functional groups attached to an aromatic ring is 1. The molecule has 1 aliphatic rings. The summed E-state index contributed by atoms with van der Waals surface area (Å²) in [7, 11) is 2.91. The van der Waals surface area contributed by atoms with Crippen LogP contribution in [0.3, 0.4) is 0 Å². The minimum Gasteiger partial charge on any atom is -0.383 e. The van der Waals surface area contributed by atoms with Gasteiger partial charge in [-0.3, -0.25) is 28.8 Å². The van der Waals surface area contributed by atoms with Gasteiger partial charge in [0.1, 0.15) is 11.5 Å². The number of nitrogens with zero attached hydrogens (tertiary/aromatic N) is 4. The Hall–Kier alpha value is -2.95. The number of carbonyl (C=O) groups excluding carboxylic acids is 2. The van der Waals surface area contributed by atoms with E-state index < -0.39 is 17.2 Å². The number of hydrazone groups is 1. The van der Waals surface area contributed by atoms with Gasteiger partial charge in [0.05, 0.1) is 6.61 Å². The van der Waals surface area contributed by atoms with Crippen LogP contribution in [0.15, 0.2) is 14.7 Å². The normalized spacial score (nSPS) is 14.3. The SMILES string of the molecule is CCCn1c(N)c(N(CCOC)C(=O)C2=NN(C)C(=O)CC2)c(=O)[nH]c1=O. The van der Waals surface area contributed by atoms with Crippen LogP contribution < -0.4 is 21.9 Å². The molecule has 148 valence electrons. The van der Waals surface area contributed by atoms with Crippen LogP contribution in [0.1, 0.15) is 26.2 Å². The largest absolute Gasteiger partial charge is 0.383 e. The van der Waals surface area contributed by atoms with Crippen LogP contribution >= 0.6 is 0 Å². The van der Waals surface area contributed by atoms with Crippen molar-refractivity contribution in [3.8, 4) is 0 Å². The molecule has 2 heterocycles. The fraction of sp³-hybridized carbons (Fsp3) is 0.562. The van der Waals surface area contributed by atoms with Gasteiger partial charge >= 0.3 is 5.69 Å². The van der Waals surface area contributed by atoms with E-state index in [-0.39, 0.29) is 49.1 Å². The highest BCUT2D eigenvalue weighted by Crippen LogP contribution is 2.19. The number of methoxy groups -OCH3 is 1. The lowest BCUT2D eigenvalue weighted by Crippen LogP contribution is -2.46. The van der Waals surface area contributed by atoms with Gasteiger partial charge in [0.15, 0.2) is 5.69 Å². The molecule has 11 heteroatoms. The smallest absolute Gasteiger partial charge is 0.330 e. The molecular formula is C16H24N6O5. The van der Waals surface area contributed by atoms with E-state index >= 15 is 0 Å². The number of aromatic amines is 1. The van der Waals surface area contributed by atoms with Gasteiger partial charge in [0.25, 0.3) is 11.5 Å². The number of anilines is 2. The van der Waals surface area contributed by atoms with Crippen LogP contribution in [0, 0.1) is 0 Å². The second-order valence-corrected chi connectivity index (χ2v) is 6.06. The summed E-state index contributed by atoms with van der Waals surface area (Å²) in [6.07, 6.45) is 0.902. The van der Waals surface area contributed by atoms with Crippen molar-refractivity contribution in [1.29, 1.82) is 0 Å². The average molecular weight is 380 g/mol. The lowest BCUT2D eigenvalue weighted by molar-refractivity contribution is -0.130. The molecule has 0 atom stereocenters. The number of amides is 2. The fourth-order valence-electron chi connectivity index (χ4n) is 2.76. The van der Waals surface area contributed by atoms with Crippen LogP contribution in [-0.2, 0) is 20.9 Å². The van der Waals surface area contributed by atoms with E-state index in [1.54, 1.807) is 0 Å². The highest BCUT2D eigenvalue weighted by molar-refractivity contribution is 6.44. The number of carbonyl (C=O) groups is 2. The zero-order valence-corrected chi connectivity index (χ0v) is 15.7. The molecule has 0 spiro atoms. The van der Waals surface area contributed by atoms with Crippen LogP contribution in [0.2, 0.25) is 0 Å². The van der Waals surface area contributed by atoms with Gasteiger partial charge in [-0.15, -0.1) is 0 Å².